The van der Waals surface area contributed by atoms with Gasteiger partial charge in [0.2, 0.25) is 0 Å². The number of nitrogens with zero attached hydrogens (tertiary/aromatic N) is 1. The molecule has 0 unspecified atom stereocenters. The van der Waals surface area contributed by atoms with Crippen LogP contribution >= 0.6 is 24.2 Å². The summed E-state index contributed by atoms with van der Waals surface area (Å²) >= 11 is 9.61. The molecule has 0 atom stereocenters. The van der Waals surface area contributed by atoms with Gasteiger partial charge in [-0.3, -0.25) is 0 Å². The summed E-state index contributed by atoms with van der Waals surface area (Å²) in [6.45, 7) is 0. The van der Waals surface area contributed by atoms with Gasteiger partial charge in [0.15, 0.2) is 0 Å². The van der Waals surface area contributed by atoms with Gasteiger partial charge in [-0.2, -0.15) is 5.26 Å². The van der Waals surface area contributed by atoms with Crippen LogP contribution in [0.5, 0.6) is 0 Å². The largest absolute Gasteiger partial charge is 0.478 e. The van der Waals surface area contributed by atoms with Crippen LogP contribution in [0.3, 0.4) is 0 Å². The number of benzene rings is 1. The van der Waals surface area contributed by atoms with Crippen molar-refractivity contribution in [1.82, 2.24) is 0 Å². The third-order valence-electron chi connectivity index (χ3n) is 1.46. The number of nitriles is 1. The van der Waals surface area contributed by atoms with E-state index in [-0.39, 0.29) is 16.1 Å². The smallest absolute Gasteiger partial charge is 0.338 e. The molecular formula is C8H4ClNO2S. The normalized spacial score (nSPS) is 9.31. The zero-order valence-electron chi connectivity index (χ0n) is 6.28. The fourth-order valence-corrected chi connectivity index (χ4v) is 1.30. The van der Waals surface area contributed by atoms with Crippen molar-refractivity contribution in [3.05, 3.63) is 28.3 Å². The van der Waals surface area contributed by atoms with Gasteiger partial charge in [0.1, 0.15) is 6.07 Å². The van der Waals surface area contributed by atoms with Crippen molar-refractivity contribution in [2.45, 2.75) is 4.90 Å². The number of hydrogen-bond donors (Lipinski definition) is 2. The topological polar surface area (TPSA) is 61.1 Å². The summed E-state index contributed by atoms with van der Waals surface area (Å²) in [5.74, 6) is -1.22. The fraction of sp³-hybridized carbons (Fsp3) is 0. The molecule has 1 aromatic carbocycles. The van der Waals surface area contributed by atoms with Gasteiger partial charge < -0.3 is 5.11 Å². The Morgan fingerprint density at radius 2 is 2.23 bits per heavy atom. The minimum Gasteiger partial charge on any atom is -0.478 e. The lowest BCUT2D eigenvalue weighted by Crippen LogP contribution is -2.01. The van der Waals surface area contributed by atoms with Crippen molar-refractivity contribution in [2.24, 2.45) is 0 Å². The summed E-state index contributed by atoms with van der Waals surface area (Å²) in [4.78, 5) is 11.0. The molecule has 0 bridgehead atoms. The second kappa shape index (κ2) is 3.69. The van der Waals surface area contributed by atoms with Gasteiger partial charge in [-0.15, -0.1) is 12.6 Å². The van der Waals surface area contributed by atoms with Gasteiger partial charge in [-0.05, 0) is 12.1 Å². The van der Waals surface area contributed by atoms with Crippen molar-refractivity contribution >= 4 is 30.2 Å². The molecule has 5 heteroatoms. The Labute approximate surface area is 85.0 Å². The second-order valence-electron chi connectivity index (χ2n) is 2.24. The molecule has 0 saturated heterocycles. The van der Waals surface area contributed by atoms with Crippen molar-refractivity contribution in [1.29, 1.82) is 5.26 Å². The maximum Gasteiger partial charge on any atom is 0.338 e. The summed E-state index contributed by atoms with van der Waals surface area (Å²) in [6.07, 6.45) is 0. The van der Waals surface area contributed by atoms with Gasteiger partial charge in [0.25, 0.3) is 0 Å². The van der Waals surface area contributed by atoms with Crippen molar-refractivity contribution in [3.63, 3.8) is 0 Å². The standard InChI is InChI=1S/C8H4ClNO2S/c9-7-5(13)2-1-4(3-10)6(7)8(11)12/h1-2,13H,(H,11,12). The first kappa shape index (κ1) is 9.90. The zero-order valence-corrected chi connectivity index (χ0v) is 7.93. The highest BCUT2D eigenvalue weighted by Gasteiger charge is 2.16. The predicted octanol–water partition coefficient (Wildman–Crippen LogP) is 2.20. The third kappa shape index (κ3) is 1.77. The van der Waals surface area contributed by atoms with E-state index < -0.39 is 5.97 Å². The van der Waals surface area contributed by atoms with Crippen LogP contribution in [-0.4, -0.2) is 11.1 Å². The molecule has 1 N–H and O–H groups in total. The molecule has 0 aliphatic carbocycles. The molecule has 0 aromatic heterocycles. The first-order chi connectivity index (χ1) is 6.07. The molecule has 3 nitrogen and oxygen atoms in total. The van der Waals surface area contributed by atoms with Crippen molar-refractivity contribution in [2.75, 3.05) is 0 Å². The third-order valence-corrected chi connectivity index (χ3v) is 2.35. The van der Waals surface area contributed by atoms with E-state index in [1.807, 2.05) is 0 Å². The number of carboxylic acid groups (broad SMARTS) is 1. The van der Waals surface area contributed by atoms with E-state index in [1.54, 1.807) is 6.07 Å². The molecule has 0 amide bonds. The lowest BCUT2D eigenvalue weighted by atomic mass is 10.1. The van der Waals surface area contributed by atoms with Crippen LogP contribution in [0.25, 0.3) is 0 Å². The van der Waals surface area contributed by atoms with E-state index >= 15 is 0 Å². The van der Waals surface area contributed by atoms with Gasteiger partial charge in [-0.1, -0.05) is 11.6 Å². The molecule has 0 radical (unpaired) electrons. The lowest BCUT2D eigenvalue weighted by molar-refractivity contribution is 0.0696. The summed E-state index contributed by atoms with van der Waals surface area (Å²) < 4.78 is 0. The highest BCUT2D eigenvalue weighted by atomic mass is 35.5. The number of thiol groups is 1. The minimum atomic E-state index is -1.22. The summed E-state index contributed by atoms with van der Waals surface area (Å²) in [6, 6.07) is 4.60. The van der Waals surface area contributed by atoms with Crippen LogP contribution in [0.2, 0.25) is 5.02 Å². The summed E-state index contributed by atoms with van der Waals surface area (Å²) in [7, 11) is 0. The molecule has 0 fully saturated rings. The fourth-order valence-electron chi connectivity index (χ4n) is 0.867. The average Bonchev–Trinajstić information content (AvgIpc) is 2.08. The van der Waals surface area contributed by atoms with E-state index in [0.717, 1.165) is 0 Å². The Hall–Kier alpha value is -1.18. The highest BCUT2D eigenvalue weighted by Crippen LogP contribution is 2.26. The van der Waals surface area contributed by atoms with E-state index in [4.69, 9.17) is 22.0 Å². The maximum atomic E-state index is 10.7. The molecular weight excluding hydrogens is 210 g/mol. The minimum absolute atomic E-state index is 0.00474. The van der Waals surface area contributed by atoms with Crippen LogP contribution in [0.4, 0.5) is 0 Å². The van der Waals surface area contributed by atoms with E-state index in [1.165, 1.54) is 12.1 Å². The maximum absolute atomic E-state index is 10.7. The molecule has 0 aliphatic heterocycles. The summed E-state index contributed by atoms with van der Waals surface area (Å²) in [5.41, 5.74) is -0.160. The number of carboxylic acids is 1. The molecule has 1 aromatic rings. The quantitative estimate of drug-likeness (QED) is 0.703. The van der Waals surface area contributed by atoms with Crippen LogP contribution in [0.15, 0.2) is 17.0 Å². The number of aromatic carboxylic acids is 1. The van der Waals surface area contributed by atoms with Gasteiger partial charge >= 0.3 is 5.97 Å². The van der Waals surface area contributed by atoms with E-state index in [0.29, 0.717) is 4.90 Å². The monoisotopic (exact) mass is 213 g/mol. The molecule has 0 spiro atoms. The van der Waals surface area contributed by atoms with Crippen LogP contribution < -0.4 is 0 Å². The van der Waals surface area contributed by atoms with Crippen molar-refractivity contribution in [3.8, 4) is 6.07 Å². The Morgan fingerprint density at radius 3 is 2.69 bits per heavy atom. The molecule has 0 heterocycles. The number of hydrogen-bond acceptors (Lipinski definition) is 3. The van der Waals surface area contributed by atoms with Crippen molar-refractivity contribution < 1.29 is 9.90 Å². The SMILES string of the molecule is N#Cc1ccc(S)c(Cl)c1C(=O)O. The highest BCUT2D eigenvalue weighted by molar-refractivity contribution is 7.80. The van der Waals surface area contributed by atoms with E-state index in [9.17, 15) is 4.79 Å². The average molecular weight is 214 g/mol. The predicted molar refractivity (Wildman–Crippen MR) is 50.4 cm³/mol. The zero-order chi connectivity index (χ0) is 10.0. The Balaban J connectivity index is 3.53. The van der Waals surface area contributed by atoms with Crippen LogP contribution in [0, 0.1) is 11.3 Å². The molecule has 13 heavy (non-hydrogen) atoms. The molecule has 0 saturated carbocycles. The molecule has 0 aliphatic rings. The van der Waals surface area contributed by atoms with Gasteiger partial charge in [0.05, 0.1) is 16.1 Å². The van der Waals surface area contributed by atoms with Crippen LogP contribution in [0.1, 0.15) is 15.9 Å². The Kier molecular flexibility index (Phi) is 2.81. The first-order valence-corrected chi connectivity index (χ1v) is 4.05. The lowest BCUT2D eigenvalue weighted by Gasteiger charge is -2.02. The summed E-state index contributed by atoms with van der Waals surface area (Å²) in [5, 5.41) is 17.3. The van der Waals surface area contributed by atoms with Gasteiger partial charge in [-0.25, -0.2) is 4.79 Å². The van der Waals surface area contributed by atoms with E-state index in [2.05, 4.69) is 12.6 Å². The Bertz CT molecular complexity index is 411. The van der Waals surface area contributed by atoms with Gasteiger partial charge in [0, 0.05) is 4.90 Å². The molecule has 66 valence electrons. The molecule has 1 rings (SSSR count). The second-order valence-corrected chi connectivity index (χ2v) is 3.10. The van der Waals surface area contributed by atoms with Crippen LogP contribution in [-0.2, 0) is 0 Å². The number of carbonyl (C=O) groups is 1. The number of halogens is 1. The number of rotatable bonds is 1. The first-order valence-electron chi connectivity index (χ1n) is 3.22. The Morgan fingerprint density at radius 1 is 1.62 bits per heavy atom.